The lowest BCUT2D eigenvalue weighted by molar-refractivity contribution is -0.137. The van der Waals surface area contributed by atoms with E-state index in [1.54, 1.807) is 23.8 Å². The Morgan fingerprint density at radius 3 is 2.46 bits per heavy atom. The molecule has 0 bridgehead atoms. The molecule has 0 amide bonds. The topological polar surface area (TPSA) is 64.3 Å². The maximum Gasteiger partial charge on any atom is 0.416 e. The van der Waals surface area contributed by atoms with E-state index in [9.17, 15) is 13.2 Å². The molecule has 6 nitrogen and oxygen atoms in total. The van der Waals surface area contributed by atoms with Gasteiger partial charge in [0.15, 0.2) is 17.3 Å². The standard InChI is InChI=1S/C14H12F3N5O.C3H8/c1-18-11-13-19-5-6-22(13)12(21-20-11)9-4-3-8(14(15,16)17)7-10(9)23-2;1-3-2/h3-7H,1-2H3,(H,18,20);3H2,1-2H3. The van der Waals surface area contributed by atoms with Crippen molar-refractivity contribution < 1.29 is 17.9 Å². The van der Waals surface area contributed by atoms with Gasteiger partial charge >= 0.3 is 6.18 Å². The molecule has 0 fully saturated rings. The first-order valence-electron chi connectivity index (χ1n) is 8.00. The van der Waals surface area contributed by atoms with E-state index >= 15 is 0 Å². The normalized spacial score (nSPS) is 11.0. The SMILES string of the molecule is CCC.CNc1nnc(-c2ccc(C(F)(F)F)cc2OC)n2ccnc12. The zero-order chi connectivity index (χ0) is 19.3. The van der Waals surface area contributed by atoms with Gasteiger partial charge in [-0.1, -0.05) is 20.3 Å². The average Bonchev–Trinajstić information content (AvgIpc) is 3.10. The lowest BCUT2D eigenvalue weighted by atomic mass is 10.1. The third-order valence-electron chi connectivity index (χ3n) is 3.33. The number of fused-ring (bicyclic) bond motifs is 1. The van der Waals surface area contributed by atoms with Crippen molar-refractivity contribution in [3.63, 3.8) is 0 Å². The van der Waals surface area contributed by atoms with E-state index in [4.69, 9.17) is 4.74 Å². The van der Waals surface area contributed by atoms with E-state index in [2.05, 4.69) is 34.3 Å². The van der Waals surface area contributed by atoms with Crippen molar-refractivity contribution in [2.45, 2.75) is 26.4 Å². The smallest absolute Gasteiger partial charge is 0.416 e. The number of benzene rings is 1. The molecular weight excluding hydrogens is 347 g/mol. The summed E-state index contributed by atoms with van der Waals surface area (Å²) in [5, 5.41) is 10.9. The van der Waals surface area contributed by atoms with Crippen LogP contribution < -0.4 is 10.1 Å². The molecule has 26 heavy (non-hydrogen) atoms. The minimum atomic E-state index is -4.45. The Balaban J connectivity index is 0.000000758. The summed E-state index contributed by atoms with van der Waals surface area (Å²) < 4.78 is 45.2. The van der Waals surface area contributed by atoms with Gasteiger partial charge in [-0.2, -0.15) is 13.2 Å². The molecule has 0 saturated heterocycles. The van der Waals surface area contributed by atoms with Gasteiger partial charge < -0.3 is 10.1 Å². The number of nitrogens with zero attached hydrogens (tertiary/aromatic N) is 4. The van der Waals surface area contributed by atoms with Crippen LogP contribution >= 0.6 is 0 Å². The van der Waals surface area contributed by atoms with Crippen molar-refractivity contribution in [1.82, 2.24) is 19.6 Å². The fourth-order valence-electron chi connectivity index (χ4n) is 2.24. The highest BCUT2D eigenvalue weighted by atomic mass is 19.4. The molecule has 2 heterocycles. The number of imidazole rings is 1. The van der Waals surface area contributed by atoms with Gasteiger partial charge in [-0.15, -0.1) is 10.2 Å². The summed E-state index contributed by atoms with van der Waals surface area (Å²) in [6.45, 7) is 4.25. The van der Waals surface area contributed by atoms with E-state index < -0.39 is 11.7 Å². The molecule has 0 saturated carbocycles. The highest BCUT2D eigenvalue weighted by molar-refractivity contribution is 5.71. The van der Waals surface area contributed by atoms with Gasteiger partial charge in [-0.05, 0) is 18.2 Å². The Morgan fingerprint density at radius 1 is 1.19 bits per heavy atom. The molecular formula is C17H20F3N5O. The molecule has 3 aromatic rings. The molecule has 2 aromatic heterocycles. The van der Waals surface area contributed by atoms with Crippen LogP contribution in [-0.4, -0.2) is 33.7 Å². The van der Waals surface area contributed by atoms with Crippen molar-refractivity contribution in [2.24, 2.45) is 0 Å². The largest absolute Gasteiger partial charge is 0.496 e. The summed E-state index contributed by atoms with van der Waals surface area (Å²) in [4.78, 5) is 4.17. The first-order chi connectivity index (χ1) is 12.4. The van der Waals surface area contributed by atoms with Gasteiger partial charge in [-0.3, -0.25) is 4.40 Å². The Morgan fingerprint density at radius 2 is 1.88 bits per heavy atom. The van der Waals surface area contributed by atoms with Crippen LogP contribution in [0.3, 0.4) is 0 Å². The molecule has 0 atom stereocenters. The van der Waals surface area contributed by atoms with Gasteiger partial charge in [0.05, 0.1) is 18.2 Å². The van der Waals surface area contributed by atoms with Crippen LogP contribution in [0.4, 0.5) is 19.0 Å². The van der Waals surface area contributed by atoms with E-state index in [1.165, 1.54) is 19.6 Å². The lowest BCUT2D eigenvalue weighted by Crippen LogP contribution is -2.07. The summed E-state index contributed by atoms with van der Waals surface area (Å²) in [7, 11) is 2.98. The number of methoxy groups -OCH3 is 1. The zero-order valence-corrected chi connectivity index (χ0v) is 14.9. The fourth-order valence-corrected chi connectivity index (χ4v) is 2.24. The van der Waals surface area contributed by atoms with Crippen molar-refractivity contribution in [1.29, 1.82) is 0 Å². The first-order valence-corrected chi connectivity index (χ1v) is 8.00. The number of alkyl halides is 3. The minimum absolute atomic E-state index is 0.0568. The predicted octanol–water partition coefficient (Wildman–Crippen LogP) is 4.28. The molecule has 3 rings (SSSR count). The third kappa shape index (κ3) is 3.87. The first kappa shape index (κ1) is 19.5. The third-order valence-corrected chi connectivity index (χ3v) is 3.33. The summed E-state index contributed by atoms with van der Waals surface area (Å²) in [5.41, 5.74) is 0.109. The summed E-state index contributed by atoms with van der Waals surface area (Å²) in [6, 6.07) is 3.23. The van der Waals surface area contributed by atoms with E-state index in [0.717, 1.165) is 12.1 Å². The van der Waals surface area contributed by atoms with Crippen molar-refractivity contribution >= 4 is 11.5 Å². The van der Waals surface area contributed by atoms with Crippen LogP contribution in [0.5, 0.6) is 5.75 Å². The summed E-state index contributed by atoms with van der Waals surface area (Å²) in [6.07, 6.45) is 0.00862. The quantitative estimate of drug-likeness (QED) is 0.749. The van der Waals surface area contributed by atoms with Crippen LogP contribution in [-0.2, 0) is 6.18 Å². The second kappa shape index (κ2) is 8.03. The maximum absolute atomic E-state index is 12.8. The molecule has 1 aromatic carbocycles. The van der Waals surface area contributed by atoms with Crippen molar-refractivity contribution in [3.05, 3.63) is 36.2 Å². The number of anilines is 1. The van der Waals surface area contributed by atoms with E-state index in [1.807, 2.05) is 0 Å². The van der Waals surface area contributed by atoms with Gasteiger partial charge in [-0.25, -0.2) is 4.98 Å². The van der Waals surface area contributed by atoms with Gasteiger partial charge in [0.2, 0.25) is 0 Å². The number of ether oxygens (including phenoxy) is 1. The molecule has 0 aliphatic heterocycles. The maximum atomic E-state index is 12.8. The molecule has 9 heteroatoms. The predicted molar refractivity (Wildman–Crippen MR) is 93.3 cm³/mol. The van der Waals surface area contributed by atoms with Gasteiger partial charge in [0.25, 0.3) is 0 Å². The summed E-state index contributed by atoms with van der Waals surface area (Å²) in [5.74, 6) is 0.855. The van der Waals surface area contributed by atoms with E-state index in [-0.39, 0.29) is 5.75 Å². The molecule has 0 spiro atoms. The van der Waals surface area contributed by atoms with Gasteiger partial charge in [0.1, 0.15) is 5.75 Å². The number of rotatable bonds is 3. The number of hydrogen-bond donors (Lipinski definition) is 1. The Labute approximate surface area is 149 Å². The summed E-state index contributed by atoms with van der Waals surface area (Å²) >= 11 is 0. The van der Waals surface area contributed by atoms with Crippen LogP contribution in [0.1, 0.15) is 25.8 Å². The second-order valence-corrected chi connectivity index (χ2v) is 5.36. The highest BCUT2D eigenvalue weighted by Crippen LogP contribution is 2.36. The Hall–Kier alpha value is -2.84. The van der Waals surface area contributed by atoms with Gasteiger partial charge in [0, 0.05) is 19.4 Å². The number of halogens is 3. The Kier molecular flexibility index (Phi) is 6.01. The molecule has 140 valence electrons. The molecule has 0 unspecified atom stereocenters. The number of aromatic nitrogens is 4. The highest BCUT2D eigenvalue weighted by Gasteiger charge is 2.31. The zero-order valence-electron chi connectivity index (χ0n) is 14.9. The fraction of sp³-hybridized carbons (Fsp3) is 0.353. The van der Waals surface area contributed by atoms with Crippen molar-refractivity contribution in [3.8, 4) is 17.1 Å². The minimum Gasteiger partial charge on any atom is -0.496 e. The van der Waals surface area contributed by atoms with Crippen LogP contribution in [0.2, 0.25) is 0 Å². The molecule has 0 radical (unpaired) electrons. The molecule has 0 aliphatic carbocycles. The number of nitrogens with one attached hydrogen (secondary N) is 1. The number of hydrogen-bond acceptors (Lipinski definition) is 5. The van der Waals surface area contributed by atoms with Crippen LogP contribution in [0.15, 0.2) is 30.6 Å². The lowest BCUT2D eigenvalue weighted by Gasteiger charge is -2.13. The van der Waals surface area contributed by atoms with Crippen LogP contribution in [0, 0.1) is 0 Å². The molecule has 1 N–H and O–H groups in total. The molecule has 0 aliphatic rings. The Bertz CT molecular complexity index is 876. The second-order valence-electron chi connectivity index (χ2n) is 5.36. The average molecular weight is 367 g/mol. The van der Waals surface area contributed by atoms with Crippen LogP contribution in [0.25, 0.3) is 17.0 Å². The van der Waals surface area contributed by atoms with Crippen molar-refractivity contribution in [2.75, 3.05) is 19.5 Å². The van der Waals surface area contributed by atoms with E-state index in [0.29, 0.717) is 22.9 Å². The monoisotopic (exact) mass is 367 g/mol.